The van der Waals surface area contributed by atoms with Gasteiger partial charge < -0.3 is 10.6 Å². The van der Waals surface area contributed by atoms with Crippen LogP contribution in [0.3, 0.4) is 0 Å². The van der Waals surface area contributed by atoms with E-state index in [1.807, 2.05) is 30.3 Å². The van der Waals surface area contributed by atoms with Crippen molar-refractivity contribution in [3.63, 3.8) is 0 Å². The van der Waals surface area contributed by atoms with E-state index in [1.54, 1.807) is 6.07 Å². The quantitative estimate of drug-likeness (QED) is 0.898. The van der Waals surface area contributed by atoms with Crippen molar-refractivity contribution < 1.29 is 9.18 Å². The minimum atomic E-state index is -0.179. The molecule has 1 atom stereocenters. The molecule has 21 heavy (non-hydrogen) atoms. The highest BCUT2D eigenvalue weighted by Gasteiger charge is 2.22. The number of amides is 1. The van der Waals surface area contributed by atoms with Crippen LogP contribution in [0.25, 0.3) is 0 Å². The van der Waals surface area contributed by atoms with Crippen molar-refractivity contribution in [3.8, 4) is 0 Å². The van der Waals surface area contributed by atoms with Crippen LogP contribution < -0.4 is 10.6 Å². The minimum Gasteiger partial charge on any atom is -0.378 e. The summed E-state index contributed by atoms with van der Waals surface area (Å²) in [6.45, 7) is 1.49. The summed E-state index contributed by atoms with van der Waals surface area (Å²) in [5.74, 6) is -0.268. The van der Waals surface area contributed by atoms with Crippen LogP contribution >= 0.6 is 0 Å². The van der Waals surface area contributed by atoms with Gasteiger partial charge in [0.05, 0.1) is 6.04 Å². The smallest absolute Gasteiger partial charge is 0.221 e. The van der Waals surface area contributed by atoms with Crippen molar-refractivity contribution in [1.82, 2.24) is 0 Å². The Bertz CT molecular complexity index is 684. The summed E-state index contributed by atoms with van der Waals surface area (Å²) in [4.78, 5) is 11.1. The van der Waals surface area contributed by atoms with Crippen LogP contribution in [0, 0.1) is 5.82 Å². The molecule has 1 aliphatic rings. The van der Waals surface area contributed by atoms with Gasteiger partial charge in [0.1, 0.15) is 5.82 Å². The standard InChI is InChI=1S/C17H17FN2O/c1-11(21)19-14-3-2-4-15(10-14)20-17-8-5-12-9-13(18)6-7-16(12)17/h2-4,6-7,9-10,17,20H,5,8H2,1H3,(H,19,21). The maximum absolute atomic E-state index is 13.2. The second-order valence-corrected chi connectivity index (χ2v) is 5.34. The third-order valence-electron chi connectivity index (χ3n) is 3.71. The molecule has 0 aromatic heterocycles. The van der Waals surface area contributed by atoms with Crippen molar-refractivity contribution in [2.45, 2.75) is 25.8 Å². The number of aryl methyl sites for hydroxylation is 1. The number of benzene rings is 2. The van der Waals surface area contributed by atoms with E-state index in [1.165, 1.54) is 13.0 Å². The van der Waals surface area contributed by atoms with Crippen LogP contribution in [0.15, 0.2) is 42.5 Å². The summed E-state index contributed by atoms with van der Waals surface area (Å²) in [6.07, 6.45) is 1.83. The zero-order valence-electron chi connectivity index (χ0n) is 11.8. The fraction of sp³-hybridized carbons (Fsp3) is 0.235. The van der Waals surface area contributed by atoms with E-state index in [4.69, 9.17) is 0 Å². The molecule has 1 amide bonds. The highest BCUT2D eigenvalue weighted by atomic mass is 19.1. The number of nitrogens with one attached hydrogen (secondary N) is 2. The van der Waals surface area contributed by atoms with Crippen molar-refractivity contribution in [2.24, 2.45) is 0 Å². The molecule has 3 nitrogen and oxygen atoms in total. The summed E-state index contributed by atoms with van der Waals surface area (Å²) in [5, 5.41) is 6.22. The molecule has 2 aromatic rings. The lowest BCUT2D eigenvalue weighted by atomic mass is 10.1. The molecule has 0 saturated carbocycles. The lowest BCUT2D eigenvalue weighted by Crippen LogP contribution is -2.09. The minimum absolute atomic E-state index is 0.0890. The van der Waals surface area contributed by atoms with Gasteiger partial charge in [0, 0.05) is 18.3 Å². The van der Waals surface area contributed by atoms with Crippen LogP contribution in [0.2, 0.25) is 0 Å². The zero-order valence-corrected chi connectivity index (χ0v) is 11.8. The summed E-state index contributed by atoms with van der Waals surface area (Å²) in [7, 11) is 0. The van der Waals surface area contributed by atoms with E-state index < -0.39 is 0 Å². The van der Waals surface area contributed by atoms with Crippen LogP contribution in [0.1, 0.15) is 30.5 Å². The lowest BCUT2D eigenvalue weighted by molar-refractivity contribution is -0.114. The molecule has 0 heterocycles. The molecule has 3 rings (SSSR count). The monoisotopic (exact) mass is 284 g/mol. The zero-order chi connectivity index (χ0) is 14.8. The first kappa shape index (κ1) is 13.6. The van der Waals surface area contributed by atoms with Gasteiger partial charge in [0.2, 0.25) is 5.91 Å². The Morgan fingerprint density at radius 1 is 1.19 bits per heavy atom. The highest BCUT2D eigenvalue weighted by molar-refractivity contribution is 5.89. The number of halogens is 1. The van der Waals surface area contributed by atoms with Crippen LogP contribution in [-0.2, 0) is 11.2 Å². The molecule has 108 valence electrons. The van der Waals surface area contributed by atoms with Gasteiger partial charge in [-0.25, -0.2) is 4.39 Å². The van der Waals surface area contributed by atoms with Crippen LogP contribution in [-0.4, -0.2) is 5.91 Å². The average Bonchev–Trinajstić information content (AvgIpc) is 2.80. The largest absolute Gasteiger partial charge is 0.378 e. The molecule has 0 saturated heterocycles. The summed E-state index contributed by atoms with van der Waals surface area (Å²) in [5.41, 5.74) is 3.94. The van der Waals surface area contributed by atoms with Crippen molar-refractivity contribution >= 4 is 17.3 Å². The van der Waals surface area contributed by atoms with E-state index in [0.717, 1.165) is 35.3 Å². The average molecular weight is 284 g/mol. The first-order chi connectivity index (χ1) is 10.1. The molecular weight excluding hydrogens is 267 g/mol. The van der Waals surface area contributed by atoms with Crippen molar-refractivity contribution in [1.29, 1.82) is 0 Å². The maximum Gasteiger partial charge on any atom is 0.221 e. The van der Waals surface area contributed by atoms with Gasteiger partial charge in [-0.3, -0.25) is 4.79 Å². The number of anilines is 2. The molecule has 0 fully saturated rings. The molecule has 1 aliphatic carbocycles. The Kier molecular flexibility index (Phi) is 3.60. The number of hydrogen-bond acceptors (Lipinski definition) is 2. The normalized spacial score (nSPS) is 16.4. The second-order valence-electron chi connectivity index (χ2n) is 5.34. The molecule has 1 unspecified atom stereocenters. The van der Waals surface area contributed by atoms with E-state index >= 15 is 0 Å². The van der Waals surface area contributed by atoms with Crippen molar-refractivity contribution in [3.05, 3.63) is 59.4 Å². The molecule has 4 heteroatoms. The Labute approximate surface area is 123 Å². The molecule has 0 spiro atoms. The maximum atomic E-state index is 13.2. The predicted octanol–water partition coefficient (Wildman–Crippen LogP) is 3.88. The SMILES string of the molecule is CC(=O)Nc1cccc(NC2CCc3cc(F)ccc32)c1. The molecular formula is C17H17FN2O. The molecule has 2 N–H and O–H groups in total. The summed E-state index contributed by atoms with van der Waals surface area (Å²) >= 11 is 0. The molecule has 2 aromatic carbocycles. The third kappa shape index (κ3) is 3.05. The van der Waals surface area contributed by atoms with Gasteiger partial charge >= 0.3 is 0 Å². The number of carbonyl (C=O) groups is 1. The molecule has 0 bridgehead atoms. The van der Waals surface area contributed by atoms with E-state index in [0.29, 0.717) is 0 Å². The van der Waals surface area contributed by atoms with Gasteiger partial charge in [-0.05, 0) is 54.3 Å². The Morgan fingerprint density at radius 2 is 2.00 bits per heavy atom. The van der Waals surface area contributed by atoms with Gasteiger partial charge in [-0.15, -0.1) is 0 Å². The number of fused-ring (bicyclic) bond motifs is 1. The molecule has 0 radical (unpaired) electrons. The number of rotatable bonds is 3. The third-order valence-corrected chi connectivity index (χ3v) is 3.71. The van der Waals surface area contributed by atoms with Crippen LogP contribution in [0.5, 0.6) is 0 Å². The number of carbonyl (C=O) groups excluding carboxylic acids is 1. The fourth-order valence-electron chi connectivity index (χ4n) is 2.83. The Morgan fingerprint density at radius 3 is 2.81 bits per heavy atom. The molecule has 0 aliphatic heterocycles. The van der Waals surface area contributed by atoms with Gasteiger partial charge in [0.25, 0.3) is 0 Å². The second kappa shape index (κ2) is 5.56. The summed E-state index contributed by atoms with van der Waals surface area (Å²) in [6, 6.07) is 12.8. The van der Waals surface area contributed by atoms with Crippen molar-refractivity contribution in [2.75, 3.05) is 10.6 Å². The van der Waals surface area contributed by atoms with Gasteiger partial charge in [0.15, 0.2) is 0 Å². The topological polar surface area (TPSA) is 41.1 Å². The Hall–Kier alpha value is -2.36. The fourth-order valence-corrected chi connectivity index (χ4v) is 2.83. The van der Waals surface area contributed by atoms with Gasteiger partial charge in [-0.1, -0.05) is 12.1 Å². The van der Waals surface area contributed by atoms with E-state index in [-0.39, 0.29) is 17.8 Å². The first-order valence-electron chi connectivity index (χ1n) is 7.04. The summed E-state index contributed by atoms with van der Waals surface area (Å²) < 4.78 is 13.2. The van der Waals surface area contributed by atoms with Gasteiger partial charge in [-0.2, -0.15) is 0 Å². The predicted molar refractivity (Wildman–Crippen MR) is 81.8 cm³/mol. The van der Waals surface area contributed by atoms with E-state index in [2.05, 4.69) is 10.6 Å². The van der Waals surface area contributed by atoms with E-state index in [9.17, 15) is 9.18 Å². The van der Waals surface area contributed by atoms with Crippen LogP contribution in [0.4, 0.5) is 15.8 Å². The lowest BCUT2D eigenvalue weighted by Gasteiger charge is -2.16. The first-order valence-corrected chi connectivity index (χ1v) is 7.04. The number of hydrogen-bond donors (Lipinski definition) is 2. The Balaban J connectivity index is 1.78. The highest BCUT2D eigenvalue weighted by Crippen LogP contribution is 2.34.